The van der Waals surface area contributed by atoms with Crippen molar-refractivity contribution in [2.75, 3.05) is 0 Å². The van der Waals surface area contributed by atoms with Crippen molar-refractivity contribution in [2.45, 2.75) is 6.92 Å². The van der Waals surface area contributed by atoms with Crippen LogP contribution in [0.1, 0.15) is 6.92 Å². The Bertz CT molecular complexity index is 261. The summed E-state index contributed by atoms with van der Waals surface area (Å²) >= 11 is 2.09. The predicted octanol–water partition coefficient (Wildman–Crippen LogP) is 3.48. The summed E-state index contributed by atoms with van der Waals surface area (Å²) in [4.78, 5) is 0. The zero-order valence-electron chi connectivity index (χ0n) is 7.20. The van der Waals surface area contributed by atoms with E-state index in [1.807, 2.05) is 0 Å². The molecule has 13 heavy (non-hydrogen) atoms. The molecule has 0 aromatic rings. The van der Waals surface area contributed by atoms with Gasteiger partial charge in [-0.1, -0.05) is 12.7 Å². The molecule has 0 fully saturated rings. The quantitative estimate of drug-likeness (QED) is 0.347. The molecule has 0 rings (SSSR count). The van der Waals surface area contributed by atoms with Crippen LogP contribution in [0.3, 0.4) is 0 Å². The van der Waals surface area contributed by atoms with Crippen LogP contribution in [0.15, 0.2) is 35.8 Å². The molecule has 0 amide bonds. The van der Waals surface area contributed by atoms with E-state index in [0.29, 0.717) is 17.6 Å². The van der Waals surface area contributed by atoms with Crippen LogP contribution in [-0.2, 0) is 0 Å². The molecule has 1 unspecified atom stereocenters. The number of hydrogen-bond donors (Lipinski definition) is 2. The molecule has 0 aromatic heterocycles. The molecule has 1 atom stereocenters. The fourth-order valence-electron chi connectivity index (χ4n) is 0.642. The second kappa shape index (κ2) is 7.21. The fraction of sp³-hybridized carbons (Fsp3) is 0.125. The number of nitrogens with one attached hydrogen (secondary N) is 2. The van der Waals surface area contributed by atoms with E-state index >= 15 is 0 Å². The van der Waals surface area contributed by atoms with Crippen molar-refractivity contribution < 1.29 is 4.39 Å². The molecular weight excluding hydrogens is 301 g/mol. The third kappa shape index (κ3) is 4.52. The number of allylic oxidation sites excluding steroid dienone is 4. The van der Waals surface area contributed by atoms with Crippen LogP contribution in [0.4, 0.5) is 4.39 Å². The summed E-state index contributed by atoms with van der Waals surface area (Å²) in [6, 6.07) is 0. The first-order chi connectivity index (χ1) is 6.17. The Morgan fingerprint density at radius 2 is 2.31 bits per heavy atom. The van der Waals surface area contributed by atoms with Gasteiger partial charge in [0, 0.05) is 18.2 Å². The second-order valence-corrected chi connectivity index (χ2v) is 4.17. The maximum absolute atomic E-state index is 13.3. The average Bonchev–Trinajstić information content (AvgIpc) is 2.13. The minimum absolute atomic E-state index is 0.292. The molecule has 0 radical (unpaired) electrons. The molecule has 2 nitrogen and oxygen atoms in total. The first-order valence-corrected chi connectivity index (χ1v) is 7.62. The molecule has 0 heterocycles. The molecule has 0 bridgehead atoms. The molecule has 0 saturated carbocycles. The summed E-state index contributed by atoms with van der Waals surface area (Å²) in [6.07, 6.45) is 4.33. The van der Waals surface area contributed by atoms with Crippen LogP contribution in [0.25, 0.3) is 0 Å². The molecule has 0 spiro atoms. The Hall–Kier alpha value is -0.220. The molecule has 72 valence electrons. The molecule has 0 aliphatic rings. The van der Waals surface area contributed by atoms with Gasteiger partial charge in [-0.2, -0.15) is 0 Å². The summed E-state index contributed by atoms with van der Waals surface area (Å²) < 4.78 is 13.3. The maximum Gasteiger partial charge on any atom is 0.146 e. The van der Waals surface area contributed by atoms with E-state index in [1.54, 1.807) is 13.0 Å². The monoisotopic (exact) mass is 312 g/mol. The maximum atomic E-state index is 13.3. The van der Waals surface area contributed by atoms with Gasteiger partial charge in [0.05, 0.1) is 5.70 Å². The molecular formula is C8H11FIN2P. The normalized spacial score (nSPS) is 13.5. The summed E-state index contributed by atoms with van der Waals surface area (Å²) in [7, 11) is 0. The third-order valence-corrected chi connectivity index (χ3v) is 2.37. The summed E-state index contributed by atoms with van der Waals surface area (Å²) in [6.45, 7) is 5.29. The molecule has 5 heteroatoms. The van der Waals surface area contributed by atoms with Crippen LogP contribution >= 0.6 is 28.4 Å². The predicted molar refractivity (Wildman–Crippen MR) is 66.3 cm³/mol. The van der Waals surface area contributed by atoms with Crippen molar-refractivity contribution in [3.8, 4) is 0 Å². The van der Waals surface area contributed by atoms with Gasteiger partial charge in [0.25, 0.3) is 0 Å². The highest BCUT2D eigenvalue weighted by Gasteiger charge is 2.04. The van der Waals surface area contributed by atoms with Crippen molar-refractivity contribution in [2.24, 2.45) is 0 Å². The SMILES string of the molecule is C=C(C=N)/C(NPI)=C(F)\C=C/C. The van der Waals surface area contributed by atoms with E-state index in [2.05, 4.69) is 33.7 Å². The Balaban J connectivity index is 4.86. The Labute approximate surface area is 92.2 Å². The number of hydrogen-bond acceptors (Lipinski definition) is 2. The highest BCUT2D eigenvalue weighted by Crippen LogP contribution is 2.22. The lowest BCUT2D eigenvalue weighted by atomic mass is 10.2. The Morgan fingerprint density at radius 1 is 1.69 bits per heavy atom. The zero-order valence-corrected chi connectivity index (χ0v) is 10.4. The summed E-state index contributed by atoms with van der Waals surface area (Å²) in [5, 5.41) is 9.79. The number of halogens is 2. The van der Waals surface area contributed by atoms with Gasteiger partial charge in [-0.15, -0.1) is 0 Å². The molecule has 0 aliphatic heterocycles. The average molecular weight is 312 g/mol. The summed E-state index contributed by atoms with van der Waals surface area (Å²) in [5.41, 5.74) is 0.639. The topological polar surface area (TPSA) is 35.9 Å². The van der Waals surface area contributed by atoms with Gasteiger partial charge in [0.1, 0.15) is 5.83 Å². The molecule has 0 saturated heterocycles. The Kier molecular flexibility index (Phi) is 7.09. The summed E-state index contributed by atoms with van der Waals surface area (Å²) in [5.74, 6) is -0.389. The van der Waals surface area contributed by atoms with Crippen molar-refractivity contribution >= 4 is 34.6 Å². The standard InChI is InChI=1S/C8H11FIN2P/c1-3-4-7(9)8(12-13-10)6(2)5-11/h3-5,11-13H,2H2,1H3/b4-3-,8-7-,11-5?. The van der Waals surface area contributed by atoms with Crippen molar-refractivity contribution in [3.05, 3.63) is 35.8 Å². The van der Waals surface area contributed by atoms with Crippen LogP contribution in [0.5, 0.6) is 0 Å². The van der Waals surface area contributed by atoms with E-state index in [9.17, 15) is 4.39 Å². The van der Waals surface area contributed by atoms with Crippen LogP contribution in [0.2, 0.25) is 0 Å². The van der Waals surface area contributed by atoms with E-state index in [1.165, 1.54) is 6.08 Å². The molecule has 2 N–H and O–H groups in total. The lowest BCUT2D eigenvalue weighted by molar-refractivity contribution is 0.652. The van der Waals surface area contributed by atoms with Gasteiger partial charge in [-0.3, -0.25) is 0 Å². The van der Waals surface area contributed by atoms with E-state index in [0.717, 1.165) is 6.21 Å². The van der Waals surface area contributed by atoms with Crippen LogP contribution in [0, 0.1) is 5.41 Å². The highest BCUT2D eigenvalue weighted by molar-refractivity contribution is 14.2. The van der Waals surface area contributed by atoms with Gasteiger partial charge < -0.3 is 10.5 Å². The Morgan fingerprint density at radius 3 is 2.69 bits per heavy atom. The van der Waals surface area contributed by atoms with E-state index in [4.69, 9.17) is 5.41 Å². The van der Waals surface area contributed by atoms with Gasteiger partial charge in [-0.25, -0.2) is 4.39 Å². The smallest absolute Gasteiger partial charge is 0.146 e. The molecule has 0 aromatic carbocycles. The first-order valence-electron chi connectivity index (χ1n) is 3.51. The van der Waals surface area contributed by atoms with Crippen molar-refractivity contribution in [1.82, 2.24) is 5.09 Å². The zero-order chi connectivity index (χ0) is 10.3. The number of rotatable bonds is 5. The van der Waals surface area contributed by atoms with Crippen molar-refractivity contribution in [1.29, 1.82) is 5.41 Å². The van der Waals surface area contributed by atoms with Crippen molar-refractivity contribution in [3.63, 3.8) is 0 Å². The largest absolute Gasteiger partial charge is 0.356 e. The minimum Gasteiger partial charge on any atom is -0.356 e. The second-order valence-electron chi connectivity index (χ2n) is 2.11. The lowest BCUT2D eigenvalue weighted by Gasteiger charge is -2.07. The van der Waals surface area contributed by atoms with E-state index < -0.39 is 0 Å². The van der Waals surface area contributed by atoms with Gasteiger partial charge in [-0.05, 0) is 35.0 Å². The third-order valence-electron chi connectivity index (χ3n) is 1.22. The van der Waals surface area contributed by atoms with E-state index in [-0.39, 0.29) is 5.83 Å². The van der Waals surface area contributed by atoms with Crippen LogP contribution in [-0.4, -0.2) is 6.21 Å². The van der Waals surface area contributed by atoms with Gasteiger partial charge in [0.2, 0.25) is 0 Å². The highest BCUT2D eigenvalue weighted by atomic mass is 127. The van der Waals surface area contributed by atoms with Crippen LogP contribution < -0.4 is 5.09 Å². The molecule has 0 aliphatic carbocycles. The first kappa shape index (κ1) is 12.8. The van der Waals surface area contributed by atoms with Gasteiger partial charge >= 0.3 is 0 Å². The lowest BCUT2D eigenvalue weighted by Crippen LogP contribution is -2.05. The fourth-order valence-corrected chi connectivity index (χ4v) is 1.83. The van der Waals surface area contributed by atoms with Gasteiger partial charge in [0.15, 0.2) is 0 Å². The minimum atomic E-state index is -0.389.